The summed E-state index contributed by atoms with van der Waals surface area (Å²) < 4.78 is 26.6. The van der Waals surface area contributed by atoms with Gasteiger partial charge in [0.05, 0.1) is 4.90 Å². The zero-order valence-corrected chi connectivity index (χ0v) is 17.8. The lowest BCUT2D eigenvalue weighted by molar-refractivity contribution is -0.119. The molecular weight excluding hydrogens is 418 g/mol. The lowest BCUT2D eigenvalue weighted by Gasteiger charge is -2.11. The van der Waals surface area contributed by atoms with Crippen LogP contribution in [0.1, 0.15) is 25.3 Å². The van der Waals surface area contributed by atoms with Gasteiger partial charge in [0.25, 0.3) is 0 Å². The van der Waals surface area contributed by atoms with Crippen molar-refractivity contribution in [3.05, 3.63) is 59.1 Å². The Morgan fingerprint density at radius 1 is 1.11 bits per heavy atom. The van der Waals surface area contributed by atoms with E-state index in [9.17, 15) is 13.2 Å². The van der Waals surface area contributed by atoms with Crippen LogP contribution in [0, 0.1) is 0 Å². The number of hydrogen-bond acceptors (Lipinski definition) is 4. The fourth-order valence-electron chi connectivity index (χ4n) is 2.34. The number of benzene rings is 2. The third-order valence-corrected chi connectivity index (χ3v) is 5.85. The van der Waals surface area contributed by atoms with E-state index in [0.29, 0.717) is 30.1 Å². The highest BCUT2D eigenvalue weighted by atomic mass is 35.5. The van der Waals surface area contributed by atoms with Crippen molar-refractivity contribution < 1.29 is 13.2 Å². The monoisotopic (exact) mass is 439 g/mol. The first-order chi connectivity index (χ1) is 13.3. The number of hydrogen-bond donors (Lipinski definition) is 3. The standard InChI is InChI=1S/C19H22ClN3O3S2/c1-2-13-21-28(25,26)16-10-8-15(9-11-16)22-19(27)23-18(24)12-7-14-5-3-4-6-17(14)20/h3-6,8-11,21H,2,7,12-13H2,1H3,(H2,22,23,24,27). The molecule has 0 aliphatic rings. The van der Waals surface area contributed by atoms with E-state index in [1.165, 1.54) is 12.1 Å². The van der Waals surface area contributed by atoms with E-state index in [-0.39, 0.29) is 22.3 Å². The van der Waals surface area contributed by atoms with Crippen molar-refractivity contribution in [1.29, 1.82) is 0 Å². The molecule has 150 valence electrons. The van der Waals surface area contributed by atoms with Crippen LogP contribution < -0.4 is 15.4 Å². The lowest BCUT2D eigenvalue weighted by atomic mass is 10.1. The van der Waals surface area contributed by atoms with Gasteiger partial charge in [0.2, 0.25) is 15.9 Å². The number of amides is 1. The maximum absolute atomic E-state index is 12.1. The summed E-state index contributed by atoms with van der Waals surface area (Å²) in [4.78, 5) is 12.2. The Kier molecular flexibility index (Phi) is 8.37. The average Bonchev–Trinajstić information content (AvgIpc) is 2.66. The molecule has 0 aromatic heterocycles. The van der Waals surface area contributed by atoms with Gasteiger partial charge in [-0.3, -0.25) is 4.79 Å². The summed E-state index contributed by atoms with van der Waals surface area (Å²) in [6.07, 6.45) is 1.46. The molecule has 0 bridgehead atoms. The van der Waals surface area contributed by atoms with Gasteiger partial charge in [-0.15, -0.1) is 0 Å². The Morgan fingerprint density at radius 3 is 2.43 bits per heavy atom. The molecule has 0 saturated carbocycles. The molecule has 2 aromatic carbocycles. The first kappa shape index (κ1) is 22.3. The summed E-state index contributed by atoms with van der Waals surface area (Å²) in [5.41, 5.74) is 1.47. The molecule has 0 saturated heterocycles. The van der Waals surface area contributed by atoms with Gasteiger partial charge in [0.1, 0.15) is 0 Å². The van der Waals surface area contributed by atoms with Gasteiger partial charge in [-0.1, -0.05) is 36.7 Å². The van der Waals surface area contributed by atoms with E-state index in [0.717, 1.165) is 5.56 Å². The van der Waals surface area contributed by atoms with E-state index in [2.05, 4.69) is 15.4 Å². The van der Waals surface area contributed by atoms with Crippen LogP contribution in [0.4, 0.5) is 5.69 Å². The first-order valence-electron chi connectivity index (χ1n) is 8.76. The number of rotatable bonds is 8. The first-order valence-corrected chi connectivity index (χ1v) is 11.0. The molecule has 28 heavy (non-hydrogen) atoms. The molecule has 1 amide bonds. The van der Waals surface area contributed by atoms with Crippen molar-refractivity contribution in [3.63, 3.8) is 0 Å². The Bertz CT molecular complexity index is 932. The van der Waals surface area contributed by atoms with Gasteiger partial charge in [0.15, 0.2) is 5.11 Å². The topological polar surface area (TPSA) is 87.3 Å². The third kappa shape index (κ3) is 6.87. The minimum absolute atomic E-state index is 0.142. The largest absolute Gasteiger partial charge is 0.332 e. The number of halogens is 1. The molecule has 0 fully saturated rings. The molecule has 0 atom stereocenters. The van der Waals surface area contributed by atoms with E-state index in [4.69, 9.17) is 23.8 Å². The minimum atomic E-state index is -3.52. The zero-order chi connectivity index (χ0) is 20.6. The van der Waals surface area contributed by atoms with E-state index < -0.39 is 10.0 Å². The normalized spacial score (nSPS) is 11.1. The highest BCUT2D eigenvalue weighted by Gasteiger charge is 2.13. The van der Waals surface area contributed by atoms with Crippen molar-refractivity contribution >= 4 is 50.5 Å². The second-order valence-electron chi connectivity index (χ2n) is 6.02. The van der Waals surface area contributed by atoms with Crippen LogP contribution in [-0.2, 0) is 21.2 Å². The number of nitrogens with one attached hydrogen (secondary N) is 3. The van der Waals surface area contributed by atoms with Crippen LogP contribution in [0.2, 0.25) is 5.02 Å². The molecule has 2 rings (SSSR count). The van der Waals surface area contributed by atoms with Crippen molar-refractivity contribution in [1.82, 2.24) is 10.0 Å². The maximum Gasteiger partial charge on any atom is 0.240 e. The highest BCUT2D eigenvalue weighted by Crippen LogP contribution is 2.16. The van der Waals surface area contributed by atoms with Gasteiger partial charge in [-0.2, -0.15) is 0 Å². The summed E-state index contributed by atoms with van der Waals surface area (Å²) >= 11 is 11.2. The Hall–Kier alpha value is -2.00. The molecule has 0 radical (unpaired) electrons. The third-order valence-electron chi connectivity index (χ3n) is 3.80. The van der Waals surface area contributed by atoms with Crippen molar-refractivity contribution in [3.8, 4) is 0 Å². The van der Waals surface area contributed by atoms with Crippen molar-refractivity contribution in [2.24, 2.45) is 0 Å². The van der Waals surface area contributed by atoms with Crippen LogP contribution in [0.25, 0.3) is 0 Å². The maximum atomic E-state index is 12.1. The summed E-state index contributed by atoms with van der Waals surface area (Å²) in [5.74, 6) is -0.236. The molecule has 0 heterocycles. The lowest BCUT2D eigenvalue weighted by Crippen LogP contribution is -2.34. The molecule has 6 nitrogen and oxygen atoms in total. The van der Waals surface area contributed by atoms with Crippen LogP contribution in [-0.4, -0.2) is 26.0 Å². The van der Waals surface area contributed by atoms with E-state index >= 15 is 0 Å². The van der Waals surface area contributed by atoms with Gasteiger partial charge in [-0.25, -0.2) is 13.1 Å². The molecule has 3 N–H and O–H groups in total. The van der Waals surface area contributed by atoms with Crippen LogP contribution >= 0.6 is 23.8 Å². The predicted octanol–water partition coefficient (Wildman–Crippen LogP) is 3.47. The summed E-state index contributed by atoms with van der Waals surface area (Å²) in [5, 5.41) is 6.23. The van der Waals surface area contributed by atoms with Crippen LogP contribution in [0.5, 0.6) is 0 Å². The Balaban J connectivity index is 1.85. The van der Waals surface area contributed by atoms with Crippen LogP contribution in [0.3, 0.4) is 0 Å². The summed E-state index contributed by atoms with van der Waals surface area (Å²) in [6, 6.07) is 13.5. The SMILES string of the molecule is CCCNS(=O)(=O)c1ccc(NC(=S)NC(=O)CCc2ccccc2Cl)cc1. The van der Waals surface area contributed by atoms with Crippen LogP contribution in [0.15, 0.2) is 53.4 Å². The second kappa shape index (κ2) is 10.5. The Morgan fingerprint density at radius 2 is 1.79 bits per heavy atom. The second-order valence-corrected chi connectivity index (χ2v) is 8.60. The average molecular weight is 440 g/mol. The summed E-state index contributed by atoms with van der Waals surface area (Å²) in [7, 11) is -3.52. The molecule has 0 unspecified atom stereocenters. The predicted molar refractivity (Wildman–Crippen MR) is 116 cm³/mol. The van der Waals surface area contributed by atoms with Gasteiger partial charge < -0.3 is 10.6 Å². The van der Waals surface area contributed by atoms with Crippen molar-refractivity contribution in [2.45, 2.75) is 31.1 Å². The molecular formula is C19H22ClN3O3S2. The number of sulfonamides is 1. The number of aryl methyl sites for hydroxylation is 1. The number of thiocarbonyl (C=S) groups is 1. The number of carbonyl (C=O) groups excluding carboxylic acids is 1. The Labute approximate surface area is 175 Å². The fourth-order valence-corrected chi connectivity index (χ4v) is 3.93. The van der Waals surface area contributed by atoms with Gasteiger partial charge >= 0.3 is 0 Å². The van der Waals surface area contributed by atoms with Gasteiger partial charge in [0, 0.05) is 23.7 Å². The van der Waals surface area contributed by atoms with E-state index in [1.807, 2.05) is 25.1 Å². The highest BCUT2D eigenvalue weighted by molar-refractivity contribution is 7.89. The molecule has 0 spiro atoms. The molecule has 2 aromatic rings. The fraction of sp³-hybridized carbons (Fsp3) is 0.263. The minimum Gasteiger partial charge on any atom is -0.332 e. The van der Waals surface area contributed by atoms with Gasteiger partial charge in [-0.05, 0) is 61.0 Å². The van der Waals surface area contributed by atoms with Crippen molar-refractivity contribution in [2.75, 3.05) is 11.9 Å². The number of anilines is 1. The molecule has 0 aliphatic carbocycles. The smallest absolute Gasteiger partial charge is 0.240 e. The quantitative estimate of drug-likeness (QED) is 0.548. The number of carbonyl (C=O) groups is 1. The van der Waals surface area contributed by atoms with E-state index in [1.54, 1.807) is 18.2 Å². The molecule has 9 heteroatoms. The zero-order valence-electron chi connectivity index (χ0n) is 15.4. The molecule has 0 aliphatic heterocycles. The summed E-state index contributed by atoms with van der Waals surface area (Å²) in [6.45, 7) is 2.27.